The van der Waals surface area contributed by atoms with Gasteiger partial charge in [-0.2, -0.15) is 11.8 Å². The number of guanidine groups is 1. The molecule has 0 saturated carbocycles. The Labute approximate surface area is 639 Å². The van der Waals surface area contributed by atoms with E-state index in [0.29, 0.717) is 12.1 Å². The zero-order valence-electron chi connectivity index (χ0n) is 63.1. The van der Waals surface area contributed by atoms with Gasteiger partial charge in [-0.15, -0.1) is 0 Å². The second-order valence-corrected chi connectivity index (χ2v) is 29.1. The van der Waals surface area contributed by atoms with Crippen molar-refractivity contribution in [1.82, 2.24) is 83.2 Å². The Morgan fingerprint density at radius 1 is 0.573 bits per heavy atom. The quantitative estimate of drug-likeness (QED) is 0.0164. The number of carbonyl (C=O) groups is 17. The van der Waals surface area contributed by atoms with Crippen molar-refractivity contribution in [3.63, 3.8) is 0 Å². The number of carboxylic acid groups (broad SMARTS) is 1. The van der Waals surface area contributed by atoms with Crippen LogP contribution in [0.15, 0.2) is 17.5 Å². The Bertz CT molecular complexity index is 3450. The number of aromatic nitrogens is 2. The number of nitrogens with zero attached hydrogens (tertiary/aromatic N) is 5. The molecule has 4 rings (SSSR count). The molecular formula is C67H110N22O20S. The number of nitrogens with two attached hydrogens (primary N) is 5. The molecule has 3 aliphatic heterocycles. The van der Waals surface area contributed by atoms with E-state index in [4.69, 9.17) is 28.7 Å². The third-order valence-electron chi connectivity index (χ3n) is 18.3. The fourth-order valence-electron chi connectivity index (χ4n) is 12.5. The molecule has 16 amide bonds. The third-order valence-corrected chi connectivity index (χ3v) is 18.9. The number of aliphatic imine (C=N–C) groups is 1. The Morgan fingerprint density at radius 2 is 1.08 bits per heavy atom. The highest BCUT2D eigenvalue weighted by molar-refractivity contribution is 7.98. The molecule has 0 aromatic carbocycles. The van der Waals surface area contributed by atoms with Crippen molar-refractivity contribution >= 4 is 118 Å². The van der Waals surface area contributed by atoms with Gasteiger partial charge in [-0.3, -0.25) is 81.7 Å². The van der Waals surface area contributed by atoms with E-state index in [1.165, 1.54) is 45.1 Å². The monoisotopic (exact) mass is 1570 g/mol. The first-order valence-electron chi connectivity index (χ1n) is 36.4. The lowest BCUT2D eigenvalue weighted by Gasteiger charge is -2.32. The number of imidazole rings is 1. The molecule has 4 heterocycles. The number of aliphatic hydroxyl groups excluding tert-OH is 2. The van der Waals surface area contributed by atoms with E-state index in [0.717, 1.165) is 14.7 Å². The number of hydrogen-bond acceptors (Lipinski definition) is 23. The zero-order chi connectivity index (χ0) is 82.4. The summed E-state index contributed by atoms with van der Waals surface area (Å²) in [5, 5.41) is 58.6. The van der Waals surface area contributed by atoms with Crippen molar-refractivity contribution in [2.75, 3.05) is 51.3 Å². The maximum absolute atomic E-state index is 14.8. The number of aromatic amines is 1. The molecule has 25 N–H and O–H groups in total. The Morgan fingerprint density at radius 3 is 1.61 bits per heavy atom. The summed E-state index contributed by atoms with van der Waals surface area (Å²) in [7, 11) is 0. The van der Waals surface area contributed by atoms with Crippen LogP contribution in [0.5, 0.6) is 0 Å². The molecule has 1 aromatic rings. The first-order chi connectivity index (χ1) is 51.8. The number of H-pyrrole nitrogens is 1. The zero-order valence-corrected chi connectivity index (χ0v) is 63.9. The van der Waals surface area contributed by atoms with Crippen molar-refractivity contribution in [2.24, 2.45) is 45.5 Å². The molecule has 0 unspecified atom stereocenters. The number of carboxylic acids is 1. The highest BCUT2D eigenvalue weighted by Crippen LogP contribution is 2.24. The summed E-state index contributed by atoms with van der Waals surface area (Å²) >= 11 is 1.29. The van der Waals surface area contributed by atoms with Gasteiger partial charge in [-0.05, 0) is 115 Å². The SMILES string of the molecule is CSCC[C@H](NC(=O)[C@@H](NC(=O)[C@@H]1CCCN1C(=O)[C@H](CO)NC(=O)[C@H](CC(C)C)NC(=O)[C@H](CCCN=C(N)N)NC(=O)[C@H](C)N)[C@@H](C)O)C(=O)N[C@H](C(=O)N[C@@H](Cc1cnc[nH]1)C(=O)N1CCC[C@H]1C(=O)N[C@@H](CC(N)=O)C(=O)NCC(=O)N[C@@H](C)C(=O)N[C@@H](CCC(N)=O)C(=O)N1CCC[C@H]1C(=O)O)C(C)C. The fraction of sp³-hybridized carbons (Fsp3) is 0.687. The molecule has 42 nitrogen and oxygen atoms in total. The highest BCUT2D eigenvalue weighted by Gasteiger charge is 2.44. The predicted molar refractivity (Wildman–Crippen MR) is 394 cm³/mol. The minimum atomic E-state index is -1.77. The van der Waals surface area contributed by atoms with Crippen LogP contribution in [0.1, 0.15) is 138 Å². The fourth-order valence-corrected chi connectivity index (χ4v) is 12.9. The standard InChI is InChI=1S/C67H110N22O20S/c1-32(2)25-41(81-56(98)38(78-53(95)34(5)68)13-9-20-74-67(71)72)58(100)84-44(30-90)65(107)88-22-11-15-46(88)60(102)86-52(36(7)91)62(104)79-39(19-24-110-8)57(99)85-51(33(3)4)61(103)83-43(26-37-28-73-31-76-37)64(106)87-21-10-14-45(87)59(101)82-42(27-49(70)93)55(97)75-29-50(94)77-35(6)54(96)80-40(17-18-48(69)92)63(105)89-23-12-16-47(89)66(108)109/h28,31-36,38-47,51-52,90-91H,9-27,29-30,68H2,1-8H3,(H2,69,92)(H2,70,93)(H,73,76)(H,75,97)(H,77,94)(H,78,95)(H,79,104)(H,80,96)(H,81,98)(H,82,101)(H,83,103)(H,84,100)(H,85,99)(H,86,102)(H,108,109)(H4,71,72,74)/t34-,35-,36+,38-,39-,40-,41-,42-,43-,44-,45-,46-,47-,51-,52-/m0/s1. The number of thioether (sulfide) groups is 1. The molecule has 1 aromatic heterocycles. The van der Waals surface area contributed by atoms with E-state index < -0.39 is 217 Å². The van der Waals surface area contributed by atoms with Gasteiger partial charge >= 0.3 is 5.97 Å². The minimum absolute atomic E-state index is 0.0137. The van der Waals surface area contributed by atoms with Gasteiger partial charge in [0, 0.05) is 50.9 Å². The summed E-state index contributed by atoms with van der Waals surface area (Å²) in [6.45, 7) is 8.76. The van der Waals surface area contributed by atoms with Gasteiger partial charge < -0.3 is 122 Å². The predicted octanol–water partition coefficient (Wildman–Crippen LogP) is -8.64. The summed E-state index contributed by atoms with van der Waals surface area (Å²) < 4.78 is 0. The van der Waals surface area contributed by atoms with Gasteiger partial charge in [-0.25, -0.2) is 9.78 Å². The smallest absolute Gasteiger partial charge is 0.326 e. The van der Waals surface area contributed by atoms with Gasteiger partial charge in [0.1, 0.15) is 78.5 Å². The lowest BCUT2D eigenvalue weighted by atomic mass is 10.0. The molecule has 0 bridgehead atoms. The summed E-state index contributed by atoms with van der Waals surface area (Å²) in [6, 6.07) is -19.6. The number of amides is 16. The number of aliphatic hydroxyl groups is 2. The van der Waals surface area contributed by atoms with E-state index in [2.05, 4.69) is 73.4 Å². The van der Waals surface area contributed by atoms with Gasteiger partial charge in [0.15, 0.2) is 5.96 Å². The normalized spacial score (nSPS) is 18.7. The average molecular weight is 1580 g/mol. The lowest BCUT2D eigenvalue weighted by molar-refractivity contribution is -0.149. The minimum Gasteiger partial charge on any atom is -0.480 e. The third kappa shape index (κ3) is 28.9. The number of nitrogens with one attached hydrogen (secondary N) is 12. The van der Waals surface area contributed by atoms with E-state index in [-0.39, 0.29) is 121 Å². The van der Waals surface area contributed by atoms with Crippen LogP contribution in [-0.2, 0) is 87.9 Å². The second-order valence-electron chi connectivity index (χ2n) is 28.1. The Hall–Kier alpha value is -10.3. The molecule has 0 spiro atoms. The van der Waals surface area contributed by atoms with Gasteiger partial charge in [-0.1, -0.05) is 27.7 Å². The molecule has 3 saturated heterocycles. The van der Waals surface area contributed by atoms with Crippen molar-refractivity contribution in [3.05, 3.63) is 18.2 Å². The van der Waals surface area contributed by atoms with Crippen molar-refractivity contribution < 1.29 is 96.8 Å². The summed E-state index contributed by atoms with van der Waals surface area (Å²) in [5.74, 6) is -16.6. The number of primary amides is 2. The highest BCUT2D eigenvalue weighted by atomic mass is 32.2. The van der Waals surface area contributed by atoms with Crippen LogP contribution in [0.3, 0.4) is 0 Å². The topological polar surface area (TPSA) is 664 Å². The number of carbonyl (C=O) groups excluding carboxylic acids is 16. The van der Waals surface area contributed by atoms with Crippen LogP contribution in [-0.4, -0.2) is 288 Å². The number of likely N-dealkylation sites (tertiary alicyclic amines) is 3. The first kappa shape index (κ1) is 92.1. The molecule has 3 fully saturated rings. The van der Waals surface area contributed by atoms with Crippen molar-refractivity contribution in [3.8, 4) is 0 Å². The summed E-state index contributed by atoms with van der Waals surface area (Å²) in [6.07, 6.45) is 2.33. The van der Waals surface area contributed by atoms with Gasteiger partial charge in [0.05, 0.1) is 38.0 Å². The van der Waals surface area contributed by atoms with Crippen LogP contribution >= 0.6 is 11.8 Å². The number of aliphatic carboxylic acids is 1. The van der Waals surface area contributed by atoms with Gasteiger partial charge in [0.25, 0.3) is 0 Å². The van der Waals surface area contributed by atoms with Crippen LogP contribution in [0.2, 0.25) is 0 Å². The van der Waals surface area contributed by atoms with Crippen LogP contribution in [0.25, 0.3) is 0 Å². The van der Waals surface area contributed by atoms with Crippen LogP contribution in [0.4, 0.5) is 0 Å². The Kier molecular flexibility index (Phi) is 37.7. The first-order valence-corrected chi connectivity index (χ1v) is 37.8. The average Bonchev–Trinajstić information content (AvgIpc) is 1.62. The molecule has 110 heavy (non-hydrogen) atoms. The molecule has 0 radical (unpaired) electrons. The van der Waals surface area contributed by atoms with Crippen LogP contribution in [0, 0.1) is 11.8 Å². The maximum Gasteiger partial charge on any atom is 0.326 e. The van der Waals surface area contributed by atoms with Crippen molar-refractivity contribution in [2.45, 2.75) is 229 Å². The van der Waals surface area contributed by atoms with E-state index >= 15 is 0 Å². The lowest BCUT2D eigenvalue weighted by Crippen LogP contribution is -2.62. The Balaban J connectivity index is 1.45. The number of rotatable bonds is 45. The van der Waals surface area contributed by atoms with Gasteiger partial charge in [0.2, 0.25) is 94.5 Å². The van der Waals surface area contributed by atoms with Crippen molar-refractivity contribution in [1.29, 1.82) is 0 Å². The molecule has 43 heteroatoms. The maximum atomic E-state index is 14.8. The molecular weight excluding hydrogens is 1460 g/mol. The van der Waals surface area contributed by atoms with E-state index in [9.17, 15) is 96.8 Å². The van der Waals surface area contributed by atoms with E-state index in [1.54, 1.807) is 34.0 Å². The van der Waals surface area contributed by atoms with E-state index in [1.807, 2.05) is 0 Å². The second kappa shape index (κ2) is 45.0. The molecule has 15 atom stereocenters. The summed E-state index contributed by atoms with van der Waals surface area (Å²) in [4.78, 5) is 244. The molecule has 3 aliphatic rings. The largest absolute Gasteiger partial charge is 0.480 e. The van der Waals surface area contributed by atoms with Crippen LogP contribution < -0.4 is 87.2 Å². The molecule has 614 valence electrons. The number of hydrogen-bond donors (Lipinski definition) is 20. The molecule has 0 aliphatic carbocycles. The summed E-state index contributed by atoms with van der Waals surface area (Å²) in [5.41, 5.74) is 27.7.